The summed E-state index contributed by atoms with van der Waals surface area (Å²) in [6, 6.07) is 14.9. The minimum absolute atomic E-state index is 0.715. The SMILES string of the molecule is COC(=C1C2CC3CC(C2)CC1C3)c1cc(Cc2ccc(OC)cc2)cc(OC)c1. The molecule has 30 heavy (non-hydrogen) atoms. The van der Waals surface area contributed by atoms with Crippen LogP contribution in [-0.4, -0.2) is 21.3 Å². The van der Waals surface area contributed by atoms with E-state index in [9.17, 15) is 0 Å². The van der Waals surface area contributed by atoms with Crippen molar-refractivity contribution < 1.29 is 14.2 Å². The second-order valence-corrected chi connectivity index (χ2v) is 9.39. The summed E-state index contributed by atoms with van der Waals surface area (Å²) in [7, 11) is 5.29. The van der Waals surface area contributed by atoms with Gasteiger partial charge in [-0.1, -0.05) is 12.1 Å². The average molecular weight is 405 g/mol. The fourth-order valence-electron chi connectivity index (χ4n) is 6.46. The number of allylic oxidation sites excluding steroid dienone is 1. The topological polar surface area (TPSA) is 27.7 Å². The first-order valence-electron chi connectivity index (χ1n) is 11.3. The van der Waals surface area contributed by atoms with E-state index < -0.39 is 0 Å². The Morgan fingerprint density at radius 1 is 0.733 bits per heavy atom. The molecule has 0 unspecified atom stereocenters. The lowest BCUT2D eigenvalue weighted by molar-refractivity contribution is 0.0675. The lowest BCUT2D eigenvalue weighted by atomic mass is 9.54. The molecular weight excluding hydrogens is 372 g/mol. The molecule has 0 atom stereocenters. The second kappa shape index (κ2) is 8.02. The van der Waals surface area contributed by atoms with Crippen LogP contribution in [0.15, 0.2) is 48.0 Å². The normalized spacial score (nSPS) is 26.6. The van der Waals surface area contributed by atoms with E-state index in [1.54, 1.807) is 19.8 Å². The van der Waals surface area contributed by atoms with Gasteiger partial charge >= 0.3 is 0 Å². The van der Waals surface area contributed by atoms with Crippen LogP contribution in [0.4, 0.5) is 0 Å². The highest BCUT2D eigenvalue weighted by molar-refractivity contribution is 5.67. The molecule has 0 heterocycles. The van der Waals surface area contributed by atoms with Crippen molar-refractivity contribution in [2.75, 3.05) is 21.3 Å². The summed E-state index contributed by atoms with van der Waals surface area (Å²) >= 11 is 0. The fraction of sp³-hybridized carbons (Fsp3) is 0.481. The zero-order valence-electron chi connectivity index (χ0n) is 18.3. The van der Waals surface area contributed by atoms with E-state index in [4.69, 9.17) is 14.2 Å². The largest absolute Gasteiger partial charge is 0.497 e. The van der Waals surface area contributed by atoms with Crippen LogP contribution in [0.5, 0.6) is 11.5 Å². The molecule has 0 spiro atoms. The third-order valence-corrected chi connectivity index (χ3v) is 7.52. The fourth-order valence-corrected chi connectivity index (χ4v) is 6.46. The predicted octanol–water partition coefficient (Wildman–Crippen LogP) is 6.11. The molecule has 0 radical (unpaired) electrons. The third-order valence-electron chi connectivity index (χ3n) is 7.52. The minimum atomic E-state index is 0.715. The summed E-state index contributed by atoms with van der Waals surface area (Å²) < 4.78 is 17.1. The van der Waals surface area contributed by atoms with Gasteiger partial charge in [0, 0.05) is 5.56 Å². The van der Waals surface area contributed by atoms with Gasteiger partial charge in [-0.05, 0) is 109 Å². The maximum atomic E-state index is 6.10. The van der Waals surface area contributed by atoms with E-state index in [2.05, 4.69) is 30.3 Å². The van der Waals surface area contributed by atoms with Gasteiger partial charge in [0.25, 0.3) is 0 Å². The molecule has 0 saturated heterocycles. The summed E-state index contributed by atoms with van der Waals surface area (Å²) in [4.78, 5) is 0. The van der Waals surface area contributed by atoms with E-state index in [0.29, 0.717) is 11.8 Å². The van der Waals surface area contributed by atoms with E-state index in [0.717, 1.165) is 35.5 Å². The Kier molecular flexibility index (Phi) is 5.22. The summed E-state index contributed by atoms with van der Waals surface area (Å²) in [5.74, 6) is 6.22. The quantitative estimate of drug-likeness (QED) is 0.544. The van der Waals surface area contributed by atoms with Crippen LogP contribution < -0.4 is 9.47 Å². The average Bonchev–Trinajstić information content (AvgIpc) is 2.76. The number of benzene rings is 2. The Labute approximate surface area is 180 Å². The van der Waals surface area contributed by atoms with Crippen molar-refractivity contribution in [2.24, 2.45) is 23.7 Å². The van der Waals surface area contributed by atoms with Crippen LogP contribution in [-0.2, 0) is 11.2 Å². The Morgan fingerprint density at radius 3 is 1.93 bits per heavy atom. The minimum Gasteiger partial charge on any atom is -0.497 e. The van der Waals surface area contributed by atoms with Crippen LogP contribution in [0, 0.1) is 23.7 Å². The molecule has 158 valence electrons. The van der Waals surface area contributed by atoms with Gasteiger partial charge in [0.05, 0.1) is 21.3 Å². The Morgan fingerprint density at radius 2 is 1.37 bits per heavy atom. The molecule has 6 rings (SSSR count). The maximum Gasteiger partial charge on any atom is 0.125 e. The third kappa shape index (κ3) is 3.59. The summed E-state index contributed by atoms with van der Waals surface area (Å²) in [5, 5.41) is 0. The monoisotopic (exact) mass is 404 g/mol. The Balaban J connectivity index is 1.50. The van der Waals surface area contributed by atoms with Gasteiger partial charge in [-0.3, -0.25) is 0 Å². The van der Waals surface area contributed by atoms with Crippen LogP contribution in [0.2, 0.25) is 0 Å². The molecule has 4 aliphatic rings. The van der Waals surface area contributed by atoms with Crippen LogP contribution in [0.3, 0.4) is 0 Å². The maximum absolute atomic E-state index is 6.10. The molecule has 4 saturated carbocycles. The Bertz CT molecular complexity index is 911. The van der Waals surface area contributed by atoms with Gasteiger partial charge in [-0.25, -0.2) is 0 Å². The van der Waals surface area contributed by atoms with Gasteiger partial charge in [-0.2, -0.15) is 0 Å². The molecular formula is C27H32O3. The molecule has 0 aliphatic heterocycles. The van der Waals surface area contributed by atoms with Crippen molar-refractivity contribution in [3.8, 4) is 11.5 Å². The predicted molar refractivity (Wildman–Crippen MR) is 120 cm³/mol. The van der Waals surface area contributed by atoms with Crippen molar-refractivity contribution in [1.82, 2.24) is 0 Å². The highest BCUT2D eigenvalue weighted by Crippen LogP contribution is 2.58. The van der Waals surface area contributed by atoms with Crippen LogP contribution in [0.25, 0.3) is 5.76 Å². The van der Waals surface area contributed by atoms with Crippen molar-refractivity contribution in [3.63, 3.8) is 0 Å². The highest BCUT2D eigenvalue weighted by atomic mass is 16.5. The van der Waals surface area contributed by atoms with Crippen molar-refractivity contribution in [3.05, 3.63) is 64.7 Å². The van der Waals surface area contributed by atoms with Crippen molar-refractivity contribution in [1.29, 1.82) is 0 Å². The number of rotatable bonds is 6. The van der Waals surface area contributed by atoms with Crippen molar-refractivity contribution in [2.45, 2.75) is 38.5 Å². The highest BCUT2D eigenvalue weighted by Gasteiger charge is 2.46. The van der Waals surface area contributed by atoms with E-state index in [1.807, 2.05) is 19.2 Å². The smallest absolute Gasteiger partial charge is 0.125 e. The first-order valence-corrected chi connectivity index (χ1v) is 11.3. The molecule has 4 aliphatic carbocycles. The van der Waals surface area contributed by atoms with Gasteiger partial charge in [0.2, 0.25) is 0 Å². The first kappa shape index (κ1) is 19.5. The standard InChI is InChI=1S/C27H32O3/c1-28-24-6-4-17(5-7-24)8-20-14-23(16-25(15-20)29-2)27(30-3)26-21-10-18-9-19(12-21)13-22(26)11-18/h4-7,14-16,18-19,21-22H,8-13H2,1-3H3. The lowest BCUT2D eigenvalue weighted by Crippen LogP contribution is -2.40. The van der Waals surface area contributed by atoms with E-state index in [-0.39, 0.29) is 0 Å². The number of ether oxygens (including phenoxy) is 3. The summed E-state index contributed by atoms with van der Waals surface area (Å²) in [5.41, 5.74) is 5.26. The van der Waals surface area contributed by atoms with Crippen LogP contribution >= 0.6 is 0 Å². The number of hydrogen-bond donors (Lipinski definition) is 0. The van der Waals surface area contributed by atoms with Gasteiger partial charge in [-0.15, -0.1) is 0 Å². The molecule has 0 aromatic heterocycles. The first-order chi connectivity index (χ1) is 14.7. The molecule has 0 amide bonds. The summed E-state index contributed by atoms with van der Waals surface area (Å²) in [6.45, 7) is 0. The van der Waals surface area contributed by atoms with Crippen LogP contribution in [0.1, 0.15) is 48.8 Å². The molecule has 0 N–H and O–H groups in total. The second-order valence-electron chi connectivity index (χ2n) is 9.39. The van der Waals surface area contributed by atoms with Gasteiger partial charge in [0.1, 0.15) is 17.3 Å². The molecule has 2 aromatic rings. The zero-order chi connectivity index (χ0) is 20.7. The lowest BCUT2D eigenvalue weighted by Gasteiger charge is -2.51. The molecule has 2 aromatic carbocycles. The van der Waals surface area contributed by atoms with Crippen molar-refractivity contribution >= 4 is 5.76 Å². The molecule has 3 heteroatoms. The zero-order valence-corrected chi connectivity index (χ0v) is 18.3. The molecule has 4 fully saturated rings. The van der Waals surface area contributed by atoms with Gasteiger partial charge < -0.3 is 14.2 Å². The number of methoxy groups -OCH3 is 3. The van der Waals surface area contributed by atoms with Gasteiger partial charge in [0.15, 0.2) is 0 Å². The molecule has 3 nitrogen and oxygen atoms in total. The molecule has 4 bridgehead atoms. The summed E-state index contributed by atoms with van der Waals surface area (Å²) in [6.07, 6.45) is 7.76. The number of hydrogen-bond acceptors (Lipinski definition) is 3. The van der Waals surface area contributed by atoms with E-state index >= 15 is 0 Å². The van der Waals surface area contributed by atoms with E-state index in [1.165, 1.54) is 48.8 Å². The Hall–Kier alpha value is -2.42.